The fourth-order valence-electron chi connectivity index (χ4n) is 2.61. The lowest BCUT2D eigenvalue weighted by Crippen LogP contribution is -2.32. The molecular weight excluding hydrogens is 357 g/mol. The van der Waals surface area contributed by atoms with E-state index in [-0.39, 0.29) is 35.7 Å². The molecule has 5 nitrogen and oxygen atoms in total. The fourth-order valence-corrected chi connectivity index (χ4v) is 3.79. The zero-order chi connectivity index (χ0) is 19.9. The number of likely N-dealkylation sites (tertiary alicyclic amines) is 1. The van der Waals surface area contributed by atoms with Crippen molar-refractivity contribution in [2.45, 2.75) is 83.8 Å². The van der Waals surface area contributed by atoms with E-state index in [0.717, 1.165) is 25.0 Å². The highest BCUT2D eigenvalue weighted by atomic mass is 32.2. The number of ketones is 1. The van der Waals surface area contributed by atoms with Crippen LogP contribution in [0.5, 0.6) is 0 Å². The van der Waals surface area contributed by atoms with E-state index in [4.69, 9.17) is 0 Å². The largest absolute Gasteiger partial charge is 0.301 e. The maximum atomic E-state index is 12.2. The highest BCUT2D eigenvalue weighted by Gasteiger charge is 2.38. The lowest BCUT2D eigenvalue weighted by Gasteiger charge is -2.14. The quantitative estimate of drug-likeness (QED) is 0.270. The number of thioether (sulfide) groups is 1. The summed E-state index contributed by atoms with van der Waals surface area (Å²) in [5.74, 6) is 0.741. The summed E-state index contributed by atoms with van der Waals surface area (Å²) in [7, 11) is 0. The Morgan fingerprint density at radius 1 is 1.04 bits per heavy atom. The standard InChI is InChI=1S/C17H26FNO4S.C2H6/c1-13(20)8-4-3-7-11-24-14-12-16(22)19(17(14)23)10-6-2-5-9-15(18)21;1-2/h14H,2-12H2,1H3;1-2H3. The van der Waals surface area contributed by atoms with E-state index >= 15 is 0 Å². The van der Waals surface area contributed by atoms with Gasteiger partial charge in [0.05, 0.1) is 5.25 Å². The molecule has 1 unspecified atom stereocenters. The molecule has 0 aromatic heterocycles. The second kappa shape index (κ2) is 14.9. The normalized spacial score (nSPS) is 16.5. The Kier molecular flexibility index (Phi) is 14.2. The molecule has 1 aliphatic heterocycles. The summed E-state index contributed by atoms with van der Waals surface area (Å²) in [5, 5.41) is -0.294. The van der Waals surface area contributed by atoms with Gasteiger partial charge in [-0.1, -0.05) is 26.7 Å². The van der Waals surface area contributed by atoms with Gasteiger partial charge in [0.2, 0.25) is 11.8 Å². The fraction of sp³-hybridized carbons (Fsp3) is 0.789. The number of hydrogen-bond donors (Lipinski definition) is 0. The molecule has 7 heteroatoms. The molecule has 0 aromatic carbocycles. The number of amides is 2. The molecule has 0 bridgehead atoms. The monoisotopic (exact) mass is 389 g/mol. The predicted octanol–water partition coefficient (Wildman–Crippen LogP) is 4.08. The van der Waals surface area contributed by atoms with E-state index in [1.54, 1.807) is 6.92 Å². The molecule has 0 spiro atoms. The molecule has 1 rings (SSSR count). The van der Waals surface area contributed by atoms with Gasteiger partial charge in [-0.15, -0.1) is 11.8 Å². The first-order valence-corrected chi connectivity index (χ1v) is 10.6. The van der Waals surface area contributed by atoms with Crippen LogP contribution in [0.3, 0.4) is 0 Å². The number of imide groups is 1. The molecule has 0 aromatic rings. The molecule has 0 N–H and O–H groups in total. The molecule has 0 saturated carbocycles. The number of Topliss-reactive ketones (excluding diaryl/α,β-unsaturated/α-hetero) is 1. The topological polar surface area (TPSA) is 71.5 Å². The second-order valence-electron chi connectivity index (χ2n) is 6.13. The van der Waals surface area contributed by atoms with Crippen molar-refractivity contribution in [3.63, 3.8) is 0 Å². The maximum absolute atomic E-state index is 12.2. The van der Waals surface area contributed by atoms with Crippen LogP contribution in [0.1, 0.15) is 78.6 Å². The third-order valence-corrected chi connectivity index (χ3v) is 5.24. The number of unbranched alkanes of at least 4 members (excludes halogenated alkanes) is 4. The number of halogens is 1. The van der Waals surface area contributed by atoms with E-state index in [9.17, 15) is 23.6 Å². The van der Waals surface area contributed by atoms with Gasteiger partial charge >= 0.3 is 6.04 Å². The van der Waals surface area contributed by atoms with Gasteiger partial charge in [0.15, 0.2) is 0 Å². The molecule has 0 aliphatic carbocycles. The zero-order valence-electron chi connectivity index (χ0n) is 16.2. The Morgan fingerprint density at radius 2 is 1.65 bits per heavy atom. The molecule has 26 heavy (non-hydrogen) atoms. The Bertz CT molecular complexity index is 470. The Balaban J connectivity index is 0.00000301. The summed E-state index contributed by atoms with van der Waals surface area (Å²) in [6, 6.07) is -1.32. The summed E-state index contributed by atoms with van der Waals surface area (Å²) < 4.78 is 12.1. The minimum absolute atomic E-state index is 0.0933. The van der Waals surface area contributed by atoms with Crippen LogP contribution >= 0.6 is 11.8 Å². The molecule has 1 heterocycles. The van der Waals surface area contributed by atoms with Gasteiger partial charge in [0, 0.05) is 25.8 Å². The van der Waals surface area contributed by atoms with Gasteiger partial charge in [-0.25, -0.2) is 0 Å². The van der Waals surface area contributed by atoms with Gasteiger partial charge in [0.25, 0.3) is 0 Å². The summed E-state index contributed by atoms with van der Waals surface area (Å²) >= 11 is 1.51. The molecule has 2 amide bonds. The first kappa shape index (κ1) is 24.8. The Morgan fingerprint density at radius 3 is 2.27 bits per heavy atom. The second-order valence-corrected chi connectivity index (χ2v) is 7.44. The lowest BCUT2D eigenvalue weighted by atomic mass is 10.2. The molecule has 1 atom stereocenters. The molecule has 150 valence electrons. The van der Waals surface area contributed by atoms with Crippen molar-refractivity contribution in [1.29, 1.82) is 0 Å². The minimum Gasteiger partial charge on any atom is -0.300 e. The number of carbonyl (C=O) groups excluding carboxylic acids is 4. The van der Waals surface area contributed by atoms with E-state index in [1.165, 1.54) is 16.7 Å². The van der Waals surface area contributed by atoms with Crippen LogP contribution < -0.4 is 0 Å². The highest BCUT2D eigenvalue weighted by molar-refractivity contribution is 8.00. The van der Waals surface area contributed by atoms with Crippen LogP contribution in [0, 0.1) is 0 Å². The van der Waals surface area contributed by atoms with Crippen LogP contribution in [-0.2, 0) is 19.2 Å². The molecule has 0 radical (unpaired) electrons. The van der Waals surface area contributed by atoms with E-state index in [2.05, 4.69) is 0 Å². The van der Waals surface area contributed by atoms with Crippen molar-refractivity contribution in [3.05, 3.63) is 0 Å². The average Bonchev–Trinajstić information content (AvgIpc) is 2.86. The summed E-state index contributed by atoms with van der Waals surface area (Å²) in [4.78, 5) is 46.5. The van der Waals surface area contributed by atoms with Crippen LogP contribution in [0.15, 0.2) is 0 Å². The van der Waals surface area contributed by atoms with Crippen molar-refractivity contribution in [1.82, 2.24) is 4.90 Å². The summed E-state index contributed by atoms with van der Waals surface area (Å²) in [6.07, 6.45) is 5.21. The van der Waals surface area contributed by atoms with Gasteiger partial charge in [-0.3, -0.25) is 19.3 Å². The third kappa shape index (κ3) is 10.7. The molecule has 1 aliphatic rings. The minimum atomic E-state index is -1.32. The molecule has 1 saturated heterocycles. The third-order valence-electron chi connectivity index (χ3n) is 3.95. The van der Waals surface area contributed by atoms with Crippen LogP contribution in [0.25, 0.3) is 0 Å². The number of hydrogen-bond acceptors (Lipinski definition) is 5. The first-order valence-electron chi connectivity index (χ1n) is 9.55. The van der Waals surface area contributed by atoms with Crippen LogP contribution in [0.2, 0.25) is 0 Å². The number of nitrogens with zero attached hydrogens (tertiary/aromatic N) is 1. The first-order chi connectivity index (χ1) is 12.4. The molecule has 1 fully saturated rings. The zero-order valence-corrected chi connectivity index (χ0v) is 17.0. The highest BCUT2D eigenvalue weighted by Crippen LogP contribution is 2.26. The Labute approximate surface area is 160 Å². The van der Waals surface area contributed by atoms with Gasteiger partial charge in [-0.05, 0) is 38.4 Å². The number of carbonyl (C=O) groups is 4. The SMILES string of the molecule is CC.CC(=O)CCCCCSC1CC(=O)N(CCCCCC(=O)F)C1=O. The van der Waals surface area contributed by atoms with Gasteiger partial charge in [-0.2, -0.15) is 4.39 Å². The smallest absolute Gasteiger partial charge is 0.300 e. The van der Waals surface area contributed by atoms with Crippen LogP contribution in [-0.4, -0.2) is 46.1 Å². The van der Waals surface area contributed by atoms with E-state index < -0.39 is 6.04 Å². The van der Waals surface area contributed by atoms with Gasteiger partial charge < -0.3 is 4.79 Å². The number of rotatable bonds is 13. The maximum Gasteiger partial charge on any atom is 0.301 e. The van der Waals surface area contributed by atoms with Crippen molar-refractivity contribution >= 4 is 35.4 Å². The van der Waals surface area contributed by atoms with E-state index in [0.29, 0.717) is 32.2 Å². The van der Waals surface area contributed by atoms with Crippen molar-refractivity contribution in [2.24, 2.45) is 0 Å². The van der Waals surface area contributed by atoms with Crippen molar-refractivity contribution < 1.29 is 23.6 Å². The van der Waals surface area contributed by atoms with E-state index in [1.807, 2.05) is 13.8 Å². The Hall–Kier alpha value is -1.24. The predicted molar refractivity (Wildman–Crippen MR) is 103 cm³/mol. The molecular formula is C19H32FNO4S. The van der Waals surface area contributed by atoms with Crippen molar-refractivity contribution in [3.8, 4) is 0 Å². The summed E-state index contributed by atoms with van der Waals surface area (Å²) in [5.41, 5.74) is 0. The van der Waals surface area contributed by atoms with Crippen molar-refractivity contribution in [2.75, 3.05) is 12.3 Å². The average molecular weight is 390 g/mol. The van der Waals surface area contributed by atoms with Gasteiger partial charge in [0.1, 0.15) is 5.78 Å². The van der Waals surface area contributed by atoms with Crippen LogP contribution in [0.4, 0.5) is 4.39 Å². The summed E-state index contributed by atoms with van der Waals surface area (Å²) in [6.45, 7) is 5.94. The lowest BCUT2D eigenvalue weighted by molar-refractivity contribution is -0.138.